The van der Waals surface area contributed by atoms with Gasteiger partial charge in [-0.05, 0) is 30.4 Å². The third kappa shape index (κ3) is 6.19. The van der Waals surface area contributed by atoms with Crippen molar-refractivity contribution in [2.75, 3.05) is 6.61 Å². The molecule has 45 heavy (non-hydrogen) atoms. The van der Waals surface area contributed by atoms with Crippen LogP contribution in [-0.2, 0) is 19.1 Å². The second-order valence-corrected chi connectivity index (χ2v) is 15.1. The molecule has 9 atom stereocenters. The van der Waals surface area contributed by atoms with Crippen molar-refractivity contribution in [3.8, 4) is 0 Å². The van der Waals surface area contributed by atoms with E-state index in [1.165, 1.54) is 32.1 Å². The molecule has 0 amide bonds. The zero-order valence-electron chi connectivity index (χ0n) is 27.9. The second kappa shape index (κ2) is 13.6. The van der Waals surface area contributed by atoms with Crippen LogP contribution in [0.25, 0.3) is 0 Å². The van der Waals surface area contributed by atoms with Crippen LogP contribution in [0.15, 0.2) is 23.3 Å². The minimum Gasteiger partial charge on any atom is -0.481 e. The number of aliphatic carboxylic acids is 1. The van der Waals surface area contributed by atoms with Gasteiger partial charge >= 0.3 is 11.9 Å². The molecule has 5 N–H and O–H groups in total. The number of Topliss-reactive ketones (excluding diaryl/α,β-unsaturated/α-hetero) is 1. The number of carboxylic acid groups (broad SMARTS) is 1. The second-order valence-electron chi connectivity index (χ2n) is 15.1. The molecular formula is C36H56O9. The molecule has 254 valence electrons. The van der Waals surface area contributed by atoms with E-state index >= 15 is 0 Å². The zero-order chi connectivity index (χ0) is 33.4. The fourth-order valence-corrected chi connectivity index (χ4v) is 9.40. The summed E-state index contributed by atoms with van der Waals surface area (Å²) in [7, 11) is 0. The molecule has 0 bridgehead atoms. The van der Waals surface area contributed by atoms with Gasteiger partial charge in [-0.1, -0.05) is 97.6 Å². The Bertz CT molecular complexity index is 1190. The van der Waals surface area contributed by atoms with Gasteiger partial charge in [0, 0.05) is 48.3 Å². The first-order valence-corrected chi connectivity index (χ1v) is 17.2. The van der Waals surface area contributed by atoms with Gasteiger partial charge in [0.05, 0.1) is 18.3 Å². The number of carboxylic acids is 1. The fourth-order valence-electron chi connectivity index (χ4n) is 9.40. The number of carbonyl (C=O) groups is 3. The number of unbranched alkanes of at least 4 members (excludes halogenated alkanes) is 8. The first-order valence-electron chi connectivity index (χ1n) is 17.2. The highest BCUT2D eigenvalue weighted by Gasteiger charge is 2.86. The van der Waals surface area contributed by atoms with Crippen molar-refractivity contribution < 1.29 is 44.7 Å². The number of ketones is 1. The number of rotatable bonds is 16. The summed E-state index contributed by atoms with van der Waals surface area (Å²) >= 11 is 0. The first kappa shape index (κ1) is 35.8. The minimum atomic E-state index is -1.95. The average molecular weight is 633 g/mol. The standard InChI is InChI=1S/C36H56O9/c1-6-7-8-9-10-11-12-13-14-15-24(18-28(38)39)19-29(40)45-36-30(33(36,4)5)26-17-25(21-37)20-34(43)27(16-22(2)31(34)41)35(26,44)23(3)32(36)42/h16-17,23-24,26-27,30,32,37,42-44H,6-15,18-21H2,1-5H3,(H,38,39)/t23-,24?,26+,27-,30+,32-,34-,35-,36-/m1/s1. The lowest BCUT2D eigenvalue weighted by Gasteiger charge is -2.52. The van der Waals surface area contributed by atoms with Crippen molar-refractivity contribution in [2.45, 2.75) is 141 Å². The van der Waals surface area contributed by atoms with E-state index in [0.29, 0.717) is 17.6 Å². The summed E-state index contributed by atoms with van der Waals surface area (Å²) < 4.78 is 6.21. The van der Waals surface area contributed by atoms with Crippen LogP contribution in [0.3, 0.4) is 0 Å². The number of aliphatic hydroxyl groups is 4. The van der Waals surface area contributed by atoms with E-state index in [1.54, 1.807) is 26.0 Å². The molecule has 0 spiro atoms. The lowest BCUT2D eigenvalue weighted by Crippen LogP contribution is -2.65. The number of hydrogen-bond acceptors (Lipinski definition) is 8. The summed E-state index contributed by atoms with van der Waals surface area (Å²) in [4.78, 5) is 38.4. The average Bonchev–Trinajstić information content (AvgIpc) is 3.40. The number of esters is 1. The quantitative estimate of drug-likeness (QED) is 0.0907. The van der Waals surface area contributed by atoms with E-state index in [1.807, 2.05) is 13.8 Å². The summed E-state index contributed by atoms with van der Waals surface area (Å²) in [5.74, 6) is -5.66. The molecule has 0 aromatic heterocycles. The lowest BCUT2D eigenvalue weighted by molar-refractivity contribution is -0.220. The van der Waals surface area contributed by atoms with Crippen LogP contribution in [0.4, 0.5) is 0 Å². The third-order valence-electron chi connectivity index (χ3n) is 11.9. The summed E-state index contributed by atoms with van der Waals surface area (Å²) in [6, 6.07) is 0. The predicted octanol–water partition coefficient (Wildman–Crippen LogP) is 4.88. The van der Waals surface area contributed by atoms with Crippen LogP contribution >= 0.6 is 0 Å². The highest BCUT2D eigenvalue weighted by atomic mass is 16.6. The number of fused-ring (bicyclic) bond motifs is 5. The molecule has 0 aromatic rings. The molecule has 9 heteroatoms. The monoisotopic (exact) mass is 632 g/mol. The Balaban J connectivity index is 1.49. The van der Waals surface area contributed by atoms with Gasteiger partial charge in [0.1, 0.15) is 11.2 Å². The first-order chi connectivity index (χ1) is 21.1. The fraction of sp³-hybridized carbons (Fsp3) is 0.806. The molecule has 2 saturated carbocycles. The zero-order valence-corrected chi connectivity index (χ0v) is 27.9. The van der Waals surface area contributed by atoms with E-state index in [9.17, 15) is 39.9 Å². The van der Waals surface area contributed by atoms with Crippen molar-refractivity contribution in [1.82, 2.24) is 0 Å². The summed E-state index contributed by atoms with van der Waals surface area (Å²) in [6.45, 7) is 8.77. The highest BCUT2D eigenvalue weighted by Crippen LogP contribution is 2.76. The van der Waals surface area contributed by atoms with Gasteiger partial charge < -0.3 is 30.3 Å². The maximum Gasteiger partial charge on any atom is 0.306 e. The molecule has 9 nitrogen and oxygen atoms in total. The maximum atomic E-state index is 13.5. The van der Waals surface area contributed by atoms with Gasteiger partial charge in [0.25, 0.3) is 0 Å². The van der Waals surface area contributed by atoms with Gasteiger partial charge in [-0.2, -0.15) is 0 Å². The normalized spacial score (nSPS) is 37.0. The Hall–Kier alpha value is -2.07. The Labute approximate surface area is 268 Å². The molecule has 0 saturated heterocycles. The number of ether oxygens (including phenoxy) is 1. The van der Waals surface area contributed by atoms with E-state index in [-0.39, 0.29) is 19.3 Å². The lowest BCUT2D eigenvalue weighted by atomic mass is 9.59. The molecule has 0 radical (unpaired) electrons. The van der Waals surface area contributed by atoms with Crippen LogP contribution in [0.2, 0.25) is 0 Å². The molecule has 0 aliphatic heterocycles. The number of hydrogen-bond donors (Lipinski definition) is 5. The van der Waals surface area contributed by atoms with Crippen LogP contribution in [0.1, 0.15) is 118 Å². The molecule has 4 aliphatic rings. The van der Waals surface area contributed by atoms with Crippen LogP contribution in [-0.4, -0.2) is 72.8 Å². The van der Waals surface area contributed by atoms with E-state index in [0.717, 1.165) is 25.7 Å². The Morgan fingerprint density at radius 1 is 1.00 bits per heavy atom. The highest BCUT2D eigenvalue weighted by molar-refractivity contribution is 6.04. The molecule has 4 rings (SSSR count). The third-order valence-corrected chi connectivity index (χ3v) is 11.9. The van der Waals surface area contributed by atoms with Gasteiger partial charge in [0.15, 0.2) is 5.78 Å². The summed E-state index contributed by atoms with van der Waals surface area (Å²) in [5.41, 5.74) is -5.11. The van der Waals surface area contributed by atoms with Crippen molar-refractivity contribution in [3.63, 3.8) is 0 Å². The summed E-state index contributed by atoms with van der Waals surface area (Å²) in [5, 5.41) is 55.8. The Morgan fingerprint density at radius 3 is 2.18 bits per heavy atom. The molecule has 0 heterocycles. The molecule has 0 aromatic carbocycles. The van der Waals surface area contributed by atoms with Crippen molar-refractivity contribution in [2.24, 2.45) is 35.0 Å². The largest absolute Gasteiger partial charge is 0.481 e. The van der Waals surface area contributed by atoms with Crippen LogP contribution in [0.5, 0.6) is 0 Å². The van der Waals surface area contributed by atoms with E-state index < -0.39 is 82.2 Å². The van der Waals surface area contributed by atoms with Crippen LogP contribution < -0.4 is 0 Å². The van der Waals surface area contributed by atoms with E-state index in [2.05, 4.69) is 6.92 Å². The topological polar surface area (TPSA) is 162 Å². The smallest absolute Gasteiger partial charge is 0.306 e. The van der Waals surface area contributed by atoms with Gasteiger partial charge in [-0.25, -0.2) is 0 Å². The van der Waals surface area contributed by atoms with Crippen LogP contribution in [0, 0.1) is 35.0 Å². The molecule has 2 fully saturated rings. The van der Waals surface area contributed by atoms with Crippen molar-refractivity contribution in [1.29, 1.82) is 0 Å². The Morgan fingerprint density at radius 2 is 1.60 bits per heavy atom. The van der Waals surface area contributed by atoms with E-state index in [4.69, 9.17) is 4.74 Å². The van der Waals surface area contributed by atoms with Gasteiger partial charge in [-0.3, -0.25) is 14.4 Å². The number of carbonyl (C=O) groups excluding carboxylic acids is 2. The Kier molecular flexibility index (Phi) is 10.8. The molecule has 4 aliphatic carbocycles. The SMILES string of the molecule is CCCCCCCCCCCC(CC(=O)O)CC(=O)O[C@@]12[C@H](O)[C@@H](C)[C@@]3(O)[C@@H](C=C(CO)C[C@]4(O)C(=O)C(C)=C[C@@H]34)[C@H]1C2(C)C. The molecule has 1 unspecified atom stereocenters. The van der Waals surface area contributed by atoms with Crippen molar-refractivity contribution in [3.05, 3.63) is 23.3 Å². The summed E-state index contributed by atoms with van der Waals surface area (Å²) in [6.07, 6.45) is 12.5. The van der Waals surface area contributed by atoms with Crippen molar-refractivity contribution >= 4 is 17.7 Å². The van der Waals surface area contributed by atoms with Gasteiger partial charge in [-0.15, -0.1) is 0 Å². The number of aliphatic hydroxyl groups excluding tert-OH is 2. The van der Waals surface area contributed by atoms with Gasteiger partial charge in [0.2, 0.25) is 0 Å². The predicted molar refractivity (Wildman–Crippen MR) is 169 cm³/mol. The molecular weight excluding hydrogens is 576 g/mol. The minimum absolute atomic E-state index is 0.0829. The maximum absolute atomic E-state index is 13.5.